The molecule has 2 aromatic rings. The maximum absolute atomic E-state index is 5.79. The third-order valence-corrected chi connectivity index (χ3v) is 2.82. The van der Waals surface area contributed by atoms with Gasteiger partial charge >= 0.3 is 0 Å². The number of hydrogen-bond donors (Lipinski definition) is 0. The summed E-state index contributed by atoms with van der Waals surface area (Å²) in [7, 11) is 0. The van der Waals surface area contributed by atoms with E-state index in [4.69, 9.17) is 4.74 Å². The van der Waals surface area contributed by atoms with Gasteiger partial charge in [0.25, 0.3) is 0 Å². The predicted octanol–water partition coefficient (Wildman–Crippen LogP) is 4.99. The number of ether oxygens (including phenoxy) is 1. The van der Waals surface area contributed by atoms with Crippen molar-refractivity contribution < 1.29 is 4.74 Å². The summed E-state index contributed by atoms with van der Waals surface area (Å²) in [4.78, 5) is 0. The fourth-order valence-corrected chi connectivity index (χ4v) is 1.91. The summed E-state index contributed by atoms with van der Waals surface area (Å²) in [5.74, 6) is 2.47. The molecule has 94 valence electrons. The molecular formula is C17H20O. The molecule has 0 N–H and O–H groups in total. The van der Waals surface area contributed by atoms with Gasteiger partial charge in [-0.05, 0) is 49.1 Å². The molecular weight excluding hydrogens is 220 g/mol. The number of aryl methyl sites for hydroxylation is 1. The molecule has 0 amide bonds. The minimum absolute atomic E-state index is 0.689. The van der Waals surface area contributed by atoms with E-state index in [0.29, 0.717) is 5.92 Å². The molecule has 0 heterocycles. The molecule has 0 fully saturated rings. The molecule has 0 aromatic heterocycles. The maximum Gasteiger partial charge on any atom is 0.127 e. The van der Waals surface area contributed by atoms with Crippen LogP contribution in [0.25, 0.3) is 0 Å². The molecule has 0 radical (unpaired) electrons. The molecule has 18 heavy (non-hydrogen) atoms. The number of rotatable bonds is 4. The smallest absolute Gasteiger partial charge is 0.127 e. The van der Waals surface area contributed by atoms with E-state index in [0.717, 1.165) is 17.9 Å². The SMILES string of the molecule is Cc1ccc(Oc2ccc(CC(C)C)cc2)cc1. The average molecular weight is 240 g/mol. The summed E-state index contributed by atoms with van der Waals surface area (Å²) in [6.45, 7) is 6.54. The maximum atomic E-state index is 5.79. The van der Waals surface area contributed by atoms with Crippen LogP contribution in [0.1, 0.15) is 25.0 Å². The van der Waals surface area contributed by atoms with Gasteiger partial charge in [0.2, 0.25) is 0 Å². The van der Waals surface area contributed by atoms with Gasteiger partial charge in [0, 0.05) is 0 Å². The Hall–Kier alpha value is -1.76. The quantitative estimate of drug-likeness (QED) is 0.732. The second kappa shape index (κ2) is 5.72. The zero-order valence-electron chi connectivity index (χ0n) is 11.3. The zero-order chi connectivity index (χ0) is 13.0. The molecule has 0 saturated heterocycles. The van der Waals surface area contributed by atoms with Gasteiger partial charge in [0.1, 0.15) is 11.5 Å². The fourth-order valence-electron chi connectivity index (χ4n) is 1.91. The van der Waals surface area contributed by atoms with Crippen molar-refractivity contribution in [1.29, 1.82) is 0 Å². The standard InChI is InChI=1S/C17H20O/c1-13(2)12-15-6-10-17(11-7-15)18-16-8-4-14(3)5-9-16/h4-11,13H,12H2,1-3H3. The summed E-state index contributed by atoms with van der Waals surface area (Å²) < 4.78 is 5.79. The van der Waals surface area contributed by atoms with Crippen molar-refractivity contribution in [2.45, 2.75) is 27.2 Å². The first-order chi connectivity index (χ1) is 8.63. The van der Waals surface area contributed by atoms with E-state index in [1.807, 2.05) is 24.3 Å². The van der Waals surface area contributed by atoms with Crippen molar-refractivity contribution in [2.75, 3.05) is 0 Å². The lowest BCUT2D eigenvalue weighted by Crippen LogP contribution is -1.93. The summed E-state index contributed by atoms with van der Waals surface area (Å²) in [6.07, 6.45) is 1.12. The summed E-state index contributed by atoms with van der Waals surface area (Å²) >= 11 is 0. The van der Waals surface area contributed by atoms with Crippen LogP contribution in [-0.4, -0.2) is 0 Å². The zero-order valence-corrected chi connectivity index (χ0v) is 11.3. The first-order valence-corrected chi connectivity index (χ1v) is 6.47. The Morgan fingerprint density at radius 1 is 0.833 bits per heavy atom. The lowest BCUT2D eigenvalue weighted by Gasteiger charge is -2.08. The van der Waals surface area contributed by atoms with Crippen LogP contribution in [-0.2, 0) is 6.42 Å². The fraction of sp³-hybridized carbons (Fsp3) is 0.294. The highest BCUT2D eigenvalue weighted by Gasteiger charge is 2.00. The summed E-state index contributed by atoms with van der Waals surface area (Å²) in [5, 5.41) is 0. The van der Waals surface area contributed by atoms with E-state index in [1.165, 1.54) is 11.1 Å². The van der Waals surface area contributed by atoms with Crippen LogP contribution in [0, 0.1) is 12.8 Å². The van der Waals surface area contributed by atoms with Gasteiger partial charge in [0.15, 0.2) is 0 Å². The normalized spacial score (nSPS) is 10.7. The molecule has 0 saturated carbocycles. The van der Waals surface area contributed by atoms with E-state index in [9.17, 15) is 0 Å². The van der Waals surface area contributed by atoms with Gasteiger partial charge in [-0.3, -0.25) is 0 Å². The molecule has 0 spiro atoms. The highest BCUT2D eigenvalue weighted by molar-refractivity contribution is 5.34. The van der Waals surface area contributed by atoms with Gasteiger partial charge in [-0.2, -0.15) is 0 Å². The Morgan fingerprint density at radius 2 is 1.33 bits per heavy atom. The van der Waals surface area contributed by atoms with Gasteiger partial charge in [-0.1, -0.05) is 43.7 Å². The third kappa shape index (κ3) is 3.63. The second-order valence-electron chi connectivity index (χ2n) is 5.16. The van der Waals surface area contributed by atoms with Crippen LogP contribution in [0.5, 0.6) is 11.5 Å². The lowest BCUT2D eigenvalue weighted by atomic mass is 10.0. The highest BCUT2D eigenvalue weighted by atomic mass is 16.5. The summed E-state index contributed by atoms with van der Waals surface area (Å²) in [5.41, 5.74) is 2.61. The first kappa shape index (κ1) is 12.7. The first-order valence-electron chi connectivity index (χ1n) is 6.47. The molecule has 1 heteroatoms. The molecule has 0 unspecified atom stereocenters. The molecule has 0 aliphatic rings. The highest BCUT2D eigenvalue weighted by Crippen LogP contribution is 2.22. The second-order valence-corrected chi connectivity index (χ2v) is 5.16. The molecule has 1 nitrogen and oxygen atoms in total. The van der Waals surface area contributed by atoms with Gasteiger partial charge < -0.3 is 4.74 Å². The van der Waals surface area contributed by atoms with Crippen molar-refractivity contribution in [3.05, 3.63) is 59.7 Å². The topological polar surface area (TPSA) is 9.23 Å². The Kier molecular flexibility index (Phi) is 4.03. The molecule has 2 aromatic carbocycles. The van der Waals surface area contributed by atoms with Gasteiger partial charge in [0.05, 0.1) is 0 Å². The Balaban J connectivity index is 2.04. The van der Waals surface area contributed by atoms with Crippen molar-refractivity contribution >= 4 is 0 Å². The number of benzene rings is 2. The lowest BCUT2D eigenvalue weighted by molar-refractivity contribution is 0.482. The number of hydrogen-bond acceptors (Lipinski definition) is 1. The van der Waals surface area contributed by atoms with Crippen LogP contribution >= 0.6 is 0 Å². The largest absolute Gasteiger partial charge is 0.457 e. The molecule has 0 bridgehead atoms. The Morgan fingerprint density at radius 3 is 1.83 bits per heavy atom. The summed E-state index contributed by atoms with van der Waals surface area (Å²) in [6, 6.07) is 16.5. The van der Waals surface area contributed by atoms with Crippen LogP contribution < -0.4 is 4.74 Å². The van der Waals surface area contributed by atoms with Crippen molar-refractivity contribution in [1.82, 2.24) is 0 Å². The Bertz CT molecular complexity index is 480. The van der Waals surface area contributed by atoms with Gasteiger partial charge in [-0.25, -0.2) is 0 Å². The minimum Gasteiger partial charge on any atom is -0.457 e. The van der Waals surface area contributed by atoms with E-state index in [1.54, 1.807) is 0 Å². The van der Waals surface area contributed by atoms with Crippen molar-refractivity contribution in [3.63, 3.8) is 0 Å². The Labute approximate surface area is 109 Å². The van der Waals surface area contributed by atoms with E-state index in [2.05, 4.69) is 45.0 Å². The molecule has 0 aliphatic carbocycles. The monoisotopic (exact) mass is 240 g/mol. The average Bonchev–Trinajstić information content (AvgIpc) is 2.34. The van der Waals surface area contributed by atoms with Crippen LogP contribution in [0.15, 0.2) is 48.5 Å². The van der Waals surface area contributed by atoms with Crippen LogP contribution in [0.2, 0.25) is 0 Å². The van der Waals surface area contributed by atoms with Crippen molar-refractivity contribution in [3.8, 4) is 11.5 Å². The van der Waals surface area contributed by atoms with E-state index < -0.39 is 0 Å². The third-order valence-electron chi connectivity index (χ3n) is 2.82. The molecule has 2 rings (SSSR count). The molecule has 0 atom stereocenters. The molecule has 0 aliphatic heterocycles. The van der Waals surface area contributed by atoms with Gasteiger partial charge in [-0.15, -0.1) is 0 Å². The van der Waals surface area contributed by atoms with E-state index >= 15 is 0 Å². The van der Waals surface area contributed by atoms with Crippen LogP contribution in [0.3, 0.4) is 0 Å². The predicted molar refractivity (Wildman–Crippen MR) is 76.2 cm³/mol. The minimum atomic E-state index is 0.689. The van der Waals surface area contributed by atoms with Crippen molar-refractivity contribution in [2.24, 2.45) is 5.92 Å². The van der Waals surface area contributed by atoms with Crippen LogP contribution in [0.4, 0.5) is 0 Å². The van der Waals surface area contributed by atoms with E-state index in [-0.39, 0.29) is 0 Å².